The number of allylic oxidation sites excluding steroid dienone is 2. The van der Waals surface area contributed by atoms with E-state index in [4.69, 9.17) is 4.99 Å². The first-order valence-corrected chi connectivity index (χ1v) is 15.8. The Labute approximate surface area is 233 Å². The summed E-state index contributed by atoms with van der Waals surface area (Å²) in [6.07, 6.45) is 11.5. The van der Waals surface area contributed by atoms with Gasteiger partial charge in [0.05, 0.1) is 6.04 Å². The number of nitrogens with one attached hydrogen (secondary N) is 1. The van der Waals surface area contributed by atoms with E-state index >= 15 is 0 Å². The molecular weight excluding hydrogens is 491 g/mol. The Balaban J connectivity index is 1.05. The number of nitrogens with zero attached hydrogens (tertiary/aromatic N) is 3. The minimum Gasteiger partial charge on any atom is -0.387 e. The van der Waals surface area contributed by atoms with Crippen molar-refractivity contribution >= 4 is 17.4 Å². The van der Waals surface area contributed by atoms with Crippen molar-refractivity contribution < 1.29 is 14.0 Å². The van der Waals surface area contributed by atoms with E-state index in [1.807, 2.05) is 6.92 Å². The maximum absolute atomic E-state index is 13.8. The van der Waals surface area contributed by atoms with Crippen LogP contribution in [0.3, 0.4) is 0 Å². The molecule has 6 aliphatic rings. The molecule has 6 nitrogen and oxygen atoms in total. The molecule has 4 aliphatic heterocycles. The number of hydrogen-bond acceptors (Lipinski definition) is 5. The van der Waals surface area contributed by atoms with Crippen LogP contribution in [0.25, 0.3) is 0 Å². The lowest BCUT2D eigenvalue weighted by Gasteiger charge is -2.44. The highest BCUT2D eigenvalue weighted by Gasteiger charge is 2.42. The van der Waals surface area contributed by atoms with E-state index in [0.29, 0.717) is 56.1 Å². The molecule has 1 saturated carbocycles. The SMILES string of the molecule is CCC(=O)[C@@H]1CNC2=C(C1)C(=O)N(C1CCN(C[C@@H]3C[C@H](C4CC4)C(C4=CC[C@H](F)CC4)=NC3C)CC1)CC2. The molecule has 0 bridgehead atoms. The Morgan fingerprint density at radius 3 is 2.62 bits per heavy atom. The topological polar surface area (TPSA) is 65.0 Å². The second-order valence-electron chi connectivity index (χ2n) is 13.1. The lowest BCUT2D eigenvalue weighted by molar-refractivity contribution is -0.132. The fourth-order valence-corrected chi connectivity index (χ4v) is 7.92. The Kier molecular flexibility index (Phi) is 7.98. The highest BCUT2D eigenvalue weighted by Crippen LogP contribution is 2.46. The number of alkyl halides is 1. The standard InChI is InChI=1S/C32H47FN4O2/c1-3-30(38)23-16-28-29(34-18-23)12-15-37(32(28)39)26-10-13-36(14-11-26)19-24-17-27(21-4-5-21)31(35-20(24)2)22-6-8-25(33)9-7-22/h6,20-21,23-27,34H,3-5,7-19H2,1-2H3/t20?,23-,24-,25-,27+/m0/s1. The van der Waals surface area contributed by atoms with Crippen molar-refractivity contribution in [1.29, 1.82) is 0 Å². The van der Waals surface area contributed by atoms with Crippen molar-refractivity contribution in [3.8, 4) is 0 Å². The lowest BCUT2D eigenvalue weighted by Crippen LogP contribution is -2.53. The van der Waals surface area contributed by atoms with Gasteiger partial charge in [-0.1, -0.05) is 13.0 Å². The summed E-state index contributed by atoms with van der Waals surface area (Å²) in [5.41, 5.74) is 4.62. The van der Waals surface area contributed by atoms with Crippen LogP contribution in [0.2, 0.25) is 0 Å². The fraction of sp³-hybridized carbons (Fsp3) is 0.781. The lowest BCUT2D eigenvalue weighted by atomic mass is 9.76. The molecule has 0 aromatic carbocycles. The quantitative estimate of drug-likeness (QED) is 0.503. The van der Waals surface area contributed by atoms with Crippen molar-refractivity contribution in [2.24, 2.45) is 28.7 Å². The Morgan fingerprint density at radius 2 is 1.92 bits per heavy atom. The van der Waals surface area contributed by atoms with Crippen LogP contribution in [-0.2, 0) is 9.59 Å². The van der Waals surface area contributed by atoms with Crippen LogP contribution in [0.1, 0.15) is 84.5 Å². The third kappa shape index (κ3) is 5.75. The van der Waals surface area contributed by atoms with E-state index < -0.39 is 6.17 Å². The minimum absolute atomic E-state index is 0.0605. The first-order chi connectivity index (χ1) is 18.9. The smallest absolute Gasteiger partial charge is 0.251 e. The highest BCUT2D eigenvalue weighted by molar-refractivity contribution is 6.03. The normalized spacial score (nSPS) is 34.8. The molecule has 5 atom stereocenters. The van der Waals surface area contributed by atoms with E-state index in [1.54, 1.807) is 0 Å². The Morgan fingerprint density at radius 1 is 1.13 bits per heavy atom. The maximum atomic E-state index is 13.8. The largest absolute Gasteiger partial charge is 0.387 e. The molecule has 39 heavy (non-hydrogen) atoms. The average molecular weight is 539 g/mol. The number of hydrogen-bond donors (Lipinski definition) is 1. The summed E-state index contributed by atoms with van der Waals surface area (Å²) in [6, 6.07) is 0.610. The van der Waals surface area contributed by atoms with Gasteiger partial charge in [0.1, 0.15) is 12.0 Å². The molecule has 214 valence electrons. The van der Waals surface area contributed by atoms with Gasteiger partial charge in [-0.15, -0.1) is 0 Å². The van der Waals surface area contributed by atoms with Crippen LogP contribution >= 0.6 is 0 Å². The number of carbonyl (C=O) groups is 2. The molecule has 2 aliphatic carbocycles. The maximum Gasteiger partial charge on any atom is 0.251 e. The van der Waals surface area contributed by atoms with Gasteiger partial charge in [-0.2, -0.15) is 0 Å². The number of piperidine rings is 1. The number of aliphatic imine (C=N–C) groups is 1. The van der Waals surface area contributed by atoms with Crippen LogP contribution < -0.4 is 5.32 Å². The van der Waals surface area contributed by atoms with Gasteiger partial charge >= 0.3 is 0 Å². The molecule has 0 spiro atoms. The highest BCUT2D eigenvalue weighted by atomic mass is 19.1. The van der Waals surface area contributed by atoms with Crippen molar-refractivity contribution in [2.75, 3.05) is 32.7 Å². The average Bonchev–Trinajstić information content (AvgIpc) is 3.80. The van der Waals surface area contributed by atoms with Crippen LogP contribution in [0.15, 0.2) is 27.9 Å². The zero-order valence-corrected chi connectivity index (χ0v) is 24.0. The first kappa shape index (κ1) is 27.2. The molecule has 0 aromatic rings. The van der Waals surface area contributed by atoms with Crippen molar-refractivity contribution in [3.05, 3.63) is 22.9 Å². The van der Waals surface area contributed by atoms with Crippen LogP contribution in [-0.4, -0.2) is 78.2 Å². The number of ketones is 1. The second kappa shape index (κ2) is 11.5. The van der Waals surface area contributed by atoms with Gasteiger partial charge in [0.15, 0.2) is 0 Å². The number of carbonyl (C=O) groups excluding carboxylic acids is 2. The van der Waals surface area contributed by atoms with Crippen LogP contribution in [0.5, 0.6) is 0 Å². The summed E-state index contributed by atoms with van der Waals surface area (Å²) in [7, 11) is 0. The minimum atomic E-state index is -0.675. The summed E-state index contributed by atoms with van der Waals surface area (Å²) >= 11 is 0. The monoisotopic (exact) mass is 538 g/mol. The number of rotatable bonds is 7. The Bertz CT molecular complexity index is 1050. The number of halogens is 1. The Hall–Kier alpha value is -2.02. The molecule has 1 saturated heterocycles. The molecule has 0 aromatic heterocycles. The van der Waals surface area contributed by atoms with Gasteiger partial charge in [0.25, 0.3) is 5.91 Å². The molecule has 0 radical (unpaired) electrons. The molecule has 1 unspecified atom stereocenters. The van der Waals surface area contributed by atoms with Gasteiger partial charge in [-0.25, -0.2) is 4.39 Å². The van der Waals surface area contributed by atoms with Crippen molar-refractivity contribution in [2.45, 2.75) is 103 Å². The molecular formula is C32H47FN4O2. The summed E-state index contributed by atoms with van der Waals surface area (Å²) in [6.45, 7) is 8.83. The molecule has 4 heterocycles. The zero-order chi connectivity index (χ0) is 27.1. The van der Waals surface area contributed by atoms with Crippen molar-refractivity contribution in [3.63, 3.8) is 0 Å². The van der Waals surface area contributed by atoms with E-state index in [1.165, 1.54) is 30.5 Å². The summed E-state index contributed by atoms with van der Waals surface area (Å²) in [5.74, 6) is 2.27. The predicted molar refractivity (Wildman–Crippen MR) is 152 cm³/mol. The van der Waals surface area contributed by atoms with Gasteiger partial charge in [0.2, 0.25) is 0 Å². The van der Waals surface area contributed by atoms with Gasteiger partial charge < -0.3 is 15.1 Å². The van der Waals surface area contributed by atoms with E-state index in [-0.39, 0.29) is 17.6 Å². The summed E-state index contributed by atoms with van der Waals surface area (Å²) in [5, 5.41) is 3.41. The summed E-state index contributed by atoms with van der Waals surface area (Å²) in [4.78, 5) is 35.8. The zero-order valence-electron chi connectivity index (χ0n) is 24.0. The molecule has 7 heteroatoms. The van der Waals surface area contributed by atoms with E-state index in [2.05, 4.69) is 28.1 Å². The number of Topliss-reactive ketones (excluding diaryl/α,β-unsaturated/α-hetero) is 1. The third-order valence-corrected chi connectivity index (χ3v) is 10.6. The molecule has 2 fully saturated rings. The first-order valence-electron chi connectivity index (χ1n) is 15.8. The van der Waals surface area contributed by atoms with Gasteiger partial charge in [0, 0.05) is 80.4 Å². The van der Waals surface area contributed by atoms with E-state index in [9.17, 15) is 14.0 Å². The van der Waals surface area contributed by atoms with Gasteiger partial charge in [-0.3, -0.25) is 14.6 Å². The number of likely N-dealkylation sites (tertiary alicyclic amines) is 1. The fourth-order valence-electron chi connectivity index (χ4n) is 7.92. The molecule has 1 amide bonds. The van der Waals surface area contributed by atoms with Crippen molar-refractivity contribution in [1.82, 2.24) is 15.1 Å². The van der Waals surface area contributed by atoms with Gasteiger partial charge in [-0.05, 0) is 82.1 Å². The number of amides is 1. The predicted octanol–water partition coefficient (Wildman–Crippen LogP) is 4.85. The molecule has 6 rings (SSSR count). The second-order valence-corrected chi connectivity index (χ2v) is 13.1. The third-order valence-electron chi connectivity index (χ3n) is 10.6. The summed E-state index contributed by atoms with van der Waals surface area (Å²) < 4.78 is 13.8. The van der Waals surface area contributed by atoms with Crippen LogP contribution in [0, 0.1) is 23.7 Å². The molecule has 1 N–H and O–H groups in total. The van der Waals surface area contributed by atoms with Crippen LogP contribution in [0.4, 0.5) is 4.39 Å². The van der Waals surface area contributed by atoms with E-state index in [0.717, 1.165) is 69.1 Å².